The summed E-state index contributed by atoms with van der Waals surface area (Å²) >= 11 is 7.20. The third-order valence-corrected chi connectivity index (χ3v) is 3.64. The standard InChI is InChI=1S/C15H14ClNOS/c1-11(18)19-9-3-2-4-12-5-7-14-13(10-12)6-8-15(16)17-14/h2,4-8,10H,3,9H2,1H3. The Morgan fingerprint density at radius 3 is 3.00 bits per heavy atom. The van der Waals surface area contributed by atoms with Crippen molar-refractivity contribution in [2.75, 3.05) is 5.75 Å². The molecule has 1 aromatic carbocycles. The van der Waals surface area contributed by atoms with Crippen LogP contribution in [0.4, 0.5) is 0 Å². The molecule has 0 atom stereocenters. The summed E-state index contributed by atoms with van der Waals surface area (Å²) in [6.07, 6.45) is 5.04. The summed E-state index contributed by atoms with van der Waals surface area (Å²) in [5.41, 5.74) is 2.03. The van der Waals surface area contributed by atoms with Crippen molar-refractivity contribution in [3.63, 3.8) is 0 Å². The quantitative estimate of drug-likeness (QED) is 0.610. The van der Waals surface area contributed by atoms with Crippen molar-refractivity contribution in [1.82, 2.24) is 4.98 Å². The molecule has 98 valence electrons. The van der Waals surface area contributed by atoms with E-state index < -0.39 is 0 Å². The molecule has 0 unspecified atom stereocenters. The third-order valence-electron chi connectivity index (χ3n) is 2.58. The van der Waals surface area contributed by atoms with Gasteiger partial charge in [0, 0.05) is 18.1 Å². The largest absolute Gasteiger partial charge is 0.288 e. The molecule has 0 spiro atoms. The van der Waals surface area contributed by atoms with Crippen LogP contribution in [0.5, 0.6) is 0 Å². The van der Waals surface area contributed by atoms with Crippen molar-refractivity contribution in [1.29, 1.82) is 0 Å². The smallest absolute Gasteiger partial charge is 0.185 e. The predicted octanol–water partition coefficient (Wildman–Crippen LogP) is 4.57. The van der Waals surface area contributed by atoms with Crippen LogP contribution in [0.25, 0.3) is 17.0 Å². The van der Waals surface area contributed by atoms with Crippen LogP contribution >= 0.6 is 23.4 Å². The molecule has 1 aromatic heterocycles. The van der Waals surface area contributed by atoms with E-state index in [1.54, 1.807) is 13.0 Å². The van der Waals surface area contributed by atoms with Crippen LogP contribution in [0.15, 0.2) is 36.4 Å². The first-order chi connectivity index (χ1) is 9.15. The van der Waals surface area contributed by atoms with E-state index in [0.29, 0.717) is 5.15 Å². The molecule has 0 amide bonds. The minimum absolute atomic E-state index is 0.169. The lowest BCUT2D eigenvalue weighted by Crippen LogP contribution is -1.84. The number of hydrogen-bond donors (Lipinski definition) is 0. The second-order valence-electron chi connectivity index (χ2n) is 4.12. The van der Waals surface area contributed by atoms with E-state index in [1.165, 1.54) is 11.8 Å². The molecule has 2 nitrogen and oxygen atoms in total. The van der Waals surface area contributed by atoms with Crippen molar-refractivity contribution < 1.29 is 4.79 Å². The Morgan fingerprint density at radius 2 is 2.21 bits per heavy atom. The normalized spacial score (nSPS) is 11.3. The molecule has 0 bridgehead atoms. The van der Waals surface area contributed by atoms with E-state index in [0.717, 1.165) is 28.6 Å². The number of carbonyl (C=O) groups excluding carboxylic acids is 1. The van der Waals surface area contributed by atoms with Gasteiger partial charge in [0.25, 0.3) is 0 Å². The summed E-state index contributed by atoms with van der Waals surface area (Å²) in [5, 5.41) is 1.75. The van der Waals surface area contributed by atoms with Gasteiger partial charge in [-0.15, -0.1) is 0 Å². The number of thioether (sulfide) groups is 1. The summed E-state index contributed by atoms with van der Waals surface area (Å²) in [5.74, 6) is 0.830. The Hall–Kier alpha value is -1.32. The third kappa shape index (κ3) is 4.37. The molecule has 0 saturated carbocycles. The van der Waals surface area contributed by atoms with Crippen LogP contribution in [0, 0.1) is 0 Å². The number of hydrogen-bond acceptors (Lipinski definition) is 3. The van der Waals surface area contributed by atoms with Crippen LogP contribution in [0.2, 0.25) is 5.15 Å². The van der Waals surface area contributed by atoms with Gasteiger partial charge in [-0.2, -0.15) is 0 Å². The molecule has 0 aliphatic heterocycles. The molecule has 0 saturated heterocycles. The highest BCUT2D eigenvalue weighted by atomic mass is 35.5. The average Bonchev–Trinajstić information content (AvgIpc) is 2.38. The summed E-state index contributed by atoms with van der Waals surface area (Å²) in [7, 11) is 0. The minimum atomic E-state index is 0.169. The highest BCUT2D eigenvalue weighted by Crippen LogP contribution is 2.18. The van der Waals surface area contributed by atoms with Gasteiger partial charge in [0.05, 0.1) is 5.52 Å². The van der Waals surface area contributed by atoms with E-state index in [1.807, 2.05) is 18.2 Å². The number of aromatic nitrogens is 1. The Bertz CT molecular complexity index is 625. The first-order valence-corrected chi connectivity index (χ1v) is 7.38. The van der Waals surface area contributed by atoms with Gasteiger partial charge in [-0.05, 0) is 36.2 Å². The van der Waals surface area contributed by atoms with Crippen LogP contribution in [-0.2, 0) is 4.79 Å². The van der Waals surface area contributed by atoms with Crippen molar-refractivity contribution in [3.8, 4) is 0 Å². The van der Waals surface area contributed by atoms with Crippen LogP contribution in [0.1, 0.15) is 18.9 Å². The average molecular weight is 292 g/mol. The molecule has 2 aromatic rings. The Balaban J connectivity index is 2.03. The molecule has 1 heterocycles. The lowest BCUT2D eigenvalue weighted by atomic mass is 10.1. The second kappa shape index (κ2) is 6.73. The van der Waals surface area contributed by atoms with E-state index in [4.69, 9.17) is 11.6 Å². The summed E-state index contributed by atoms with van der Waals surface area (Å²) in [6, 6.07) is 9.81. The fourth-order valence-corrected chi connectivity index (χ4v) is 2.41. The van der Waals surface area contributed by atoms with Gasteiger partial charge in [-0.25, -0.2) is 4.98 Å². The second-order valence-corrected chi connectivity index (χ2v) is 5.78. The van der Waals surface area contributed by atoms with Crippen LogP contribution in [-0.4, -0.2) is 15.9 Å². The van der Waals surface area contributed by atoms with Gasteiger partial charge >= 0.3 is 0 Å². The van der Waals surface area contributed by atoms with Crippen LogP contribution in [0.3, 0.4) is 0 Å². The maximum Gasteiger partial charge on any atom is 0.185 e. The minimum Gasteiger partial charge on any atom is -0.288 e. The number of rotatable bonds is 4. The maximum absolute atomic E-state index is 10.8. The van der Waals surface area contributed by atoms with E-state index >= 15 is 0 Å². The van der Waals surface area contributed by atoms with Gasteiger partial charge in [-0.1, -0.05) is 41.6 Å². The van der Waals surface area contributed by atoms with Crippen LogP contribution < -0.4 is 0 Å². The van der Waals surface area contributed by atoms with Crippen molar-refractivity contribution in [2.45, 2.75) is 13.3 Å². The molecular formula is C15H14ClNOS. The number of allylic oxidation sites excluding steroid dienone is 1. The monoisotopic (exact) mass is 291 g/mol. The Morgan fingerprint density at radius 1 is 1.37 bits per heavy atom. The van der Waals surface area contributed by atoms with Crippen molar-refractivity contribution >= 4 is 45.5 Å². The molecular weight excluding hydrogens is 278 g/mol. The van der Waals surface area contributed by atoms with Gasteiger partial charge in [0.15, 0.2) is 5.12 Å². The number of halogens is 1. The fraction of sp³-hybridized carbons (Fsp3) is 0.200. The van der Waals surface area contributed by atoms with Crippen molar-refractivity contribution in [2.24, 2.45) is 0 Å². The molecule has 0 aliphatic carbocycles. The summed E-state index contributed by atoms with van der Waals surface area (Å²) in [6.45, 7) is 1.59. The zero-order valence-electron chi connectivity index (χ0n) is 10.6. The molecule has 19 heavy (non-hydrogen) atoms. The fourth-order valence-electron chi connectivity index (χ4n) is 1.71. The summed E-state index contributed by atoms with van der Waals surface area (Å²) < 4.78 is 0. The molecule has 2 rings (SSSR count). The number of nitrogens with zero attached hydrogens (tertiary/aromatic N) is 1. The van der Waals surface area contributed by atoms with E-state index in [9.17, 15) is 4.79 Å². The number of fused-ring (bicyclic) bond motifs is 1. The van der Waals surface area contributed by atoms with Gasteiger partial charge < -0.3 is 0 Å². The highest BCUT2D eigenvalue weighted by molar-refractivity contribution is 8.13. The first-order valence-electron chi connectivity index (χ1n) is 6.01. The lowest BCUT2D eigenvalue weighted by Gasteiger charge is -1.99. The Kier molecular flexibility index (Phi) is 5.00. The maximum atomic E-state index is 10.8. The van der Waals surface area contributed by atoms with Gasteiger partial charge in [-0.3, -0.25) is 4.79 Å². The molecule has 0 fully saturated rings. The number of carbonyl (C=O) groups is 1. The Labute approximate surface area is 121 Å². The van der Waals surface area contributed by atoms with E-state index in [2.05, 4.69) is 23.2 Å². The predicted molar refractivity (Wildman–Crippen MR) is 83.5 cm³/mol. The molecule has 4 heteroatoms. The zero-order chi connectivity index (χ0) is 13.7. The van der Waals surface area contributed by atoms with Gasteiger partial charge in [0.2, 0.25) is 0 Å². The lowest BCUT2D eigenvalue weighted by molar-refractivity contribution is -0.109. The summed E-state index contributed by atoms with van der Waals surface area (Å²) in [4.78, 5) is 15.0. The van der Waals surface area contributed by atoms with Gasteiger partial charge in [0.1, 0.15) is 5.15 Å². The number of benzene rings is 1. The van der Waals surface area contributed by atoms with Crippen molar-refractivity contribution in [3.05, 3.63) is 47.1 Å². The first kappa shape index (κ1) is 14.1. The van der Waals surface area contributed by atoms with E-state index in [-0.39, 0.29) is 5.12 Å². The molecule has 0 aliphatic rings. The molecule has 0 N–H and O–H groups in total. The topological polar surface area (TPSA) is 30.0 Å². The number of pyridine rings is 1. The SMILES string of the molecule is CC(=O)SCCC=Cc1ccc2nc(Cl)ccc2c1. The zero-order valence-corrected chi connectivity index (χ0v) is 12.2. The molecule has 0 radical (unpaired) electrons. The highest BCUT2D eigenvalue weighted by Gasteiger charge is 1.97.